The molecule has 6 unspecified atom stereocenters. The molecule has 2 fully saturated rings. The minimum Gasteiger partial charge on any atom is -0.497 e. The number of hydrogen-bond donors (Lipinski definition) is 3. The molecule has 0 radical (unpaired) electrons. The predicted octanol–water partition coefficient (Wildman–Crippen LogP) is 3.40. The molecule has 0 aromatic heterocycles. The van der Waals surface area contributed by atoms with Gasteiger partial charge in [0.2, 0.25) is 0 Å². The van der Waals surface area contributed by atoms with Crippen LogP contribution in [0.5, 0.6) is 5.75 Å². The Morgan fingerprint density at radius 3 is 2.22 bits per heavy atom. The lowest BCUT2D eigenvalue weighted by Gasteiger charge is -2.54. The van der Waals surface area contributed by atoms with E-state index >= 15 is 0 Å². The first-order chi connectivity index (χ1) is 15.6. The highest BCUT2D eigenvalue weighted by molar-refractivity contribution is 5.69. The predicted molar refractivity (Wildman–Crippen MR) is 136 cm³/mol. The Labute approximate surface area is 196 Å². The van der Waals surface area contributed by atoms with Gasteiger partial charge in [-0.2, -0.15) is 0 Å². The third-order valence-corrected chi connectivity index (χ3v) is 6.90. The summed E-state index contributed by atoms with van der Waals surface area (Å²) in [6.45, 7) is 14.0. The fraction of sp³-hybridized carbons (Fsp3) is 0.692. The number of rotatable bonds is 1. The Balaban J connectivity index is 0.000000581. The fourth-order valence-corrected chi connectivity index (χ4v) is 6.04. The lowest BCUT2D eigenvalue weighted by atomic mass is 9.58. The van der Waals surface area contributed by atoms with Gasteiger partial charge in [0.1, 0.15) is 11.9 Å². The van der Waals surface area contributed by atoms with E-state index in [0.717, 1.165) is 30.9 Å². The molecular weight excluding hydrogens is 402 g/mol. The average Bonchev–Trinajstić information content (AvgIpc) is 3.39. The van der Waals surface area contributed by atoms with Gasteiger partial charge in [-0.15, -0.1) is 0 Å². The van der Waals surface area contributed by atoms with Crippen molar-refractivity contribution in [1.82, 2.24) is 4.90 Å². The summed E-state index contributed by atoms with van der Waals surface area (Å²) in [7, 11) is 5.22. The van der Waals surface area contributed by atoms with Crippen molar-refractivity contribution in [3.8, 4) is 5.75 Å². The number of methoxy groups -OCH3 is 1. The molecule has 6 nitrogen and oxygen atoms in total. The number of nitrogens with two attached hydrogens (primary N) is 1. The Kier molecular flexibility index (Phi) is 11.2. The zero-order valence-electron chi connectivity index (χ0n) is 21.7. The third kappa shape index (κ3) is 4.18. The van der Waals surface area contributed by atoms with E-state index in [9.17, 15) is 10.2 Å². The van der Waals surface area contributed by atoms with Crippen LogP contribution in [0.25, 0.3) is 0 Å². The van der Waals surface area contributed by atoms with Crippen molar-refractivity contribution in [2.75, 3.05) is 39.2 Å². The zero-order chi connectivity index (χ0) is 24.6. The minimum atomic E-state index is -0.752. The Morgan fingerprint density at radius 1 is 1.00 bits per heavy atom. The van der Waals surface area contributed by atoms with Crippen molar-refractivity contribution in [2.24, 2.45) is 11.7 Å². The highest BCUT2D eigenvalue weighted by atomic mass is 16.5. The summed E-state index contributed by atoms with van der Waals surface area (Å²) in [6.07, 6.45) is 3.82. The molecule has 1 saturated carbocycles. The first-order valence-electron chi connectivity index (χ1n) is 12.4. The number of ether oxygens (including phenoxy) is 1. The fourth-order valence-electron chi connectivity index (χ4n) is 6.04. The monoisotopic (exact) mass is 449 g/mol. The van der Waals surface area contributed by atoms with Crippen LogP contribution in [0.2, 0.25) is 0 Å². The Hall–Kier alpha value is -1.60. The highest BCUT2D eigenvalue weighted by Gasteiger charge is 2.67. The van der Waals surface area contributed by atoms with Gasteiger partial charge in [0.15, 0.2) is 0 Å². The lowest BCUT2D eigenvalue weighted by Crippen LogP contribution is -2.69. The first-order valence-corrected chi connectivity index (χ1v) is 12.4. The molecule has 1 saturated heterocycles. The molecule has 1 aromatic rings. The van der Waals surface area contributed by atoms with E-state index in [-0.39, 0.29) is 23.4 Å². The van der Waals surface area contributed by atoms with Crippen molar-refractivity contribution < 1.29 is 14.9 Å². The van der Waals surface area contributed by atoms with Crippen LogP contribution in [-0.4, -0.2) is 73.7 Å². The SMILES string of the molecule is CC.CC.CC.CN.COc1ccc2c(c1)N(C)C1C(O)C(O)C3C=CCN4CCC21C34. The molecule has 3 heterocycles. The van der Waals surface area contributed by atoms with Gasteiger partial charge in [-0.25, -0.2) is 0 Å². The molecule has 3 aliphatic heterocycles. The number of benzene rings is 1. The van der Waals surface area contributed by atoms with Gasteiger partial charge in [-0.3, -0.25) is 4.90 Å². The molecule has 1 spiro atoms. The summed E-state index contributed by atoms with van der Waals surface area (Å²) in [5.41, 5.74) is 6.81. The third-order valence-electron chi connectivity index (χ3n) is 6.90. The minimum absolute atomic E-state index is 0.00560. The van der Waals surface area contributed by atoms with Crippen LogP contribution >= 0.6 is 0 Å². The quantitative estimate of drug-likeness (QED) is 0.570. The molecule has 1 aromatic carbocycles. The van der Waals surface area contributed by atoms with Crippen LogP contribution in [0.3, 0.4) is 0 Å². The molecular formula is C26H47N3O3. The maximum absolute atomic E-state index is 11.0. The maximum atomic E-state index is 11.0. The molecule has 0 amide bonds. The van der Waals surface area contributed by atoms with Crippen LogP contribution in [0.4, 0.5) is 5.69 Å². The molecule has 32 heavy (non-hydrogen) atoms. The second kappa shape index (κ2) is 12.6. The second-order valence-electron chi connectivity index (χ2n) is 7.66. The highest BCUT2D eigenvalue weighted by Crippen LogP contribution is 2.60. The number of anilines is 1. The van der Waals surface area contributed by atoms with Crippen molar-refractivity contribution in [2.45, 2.75) is 77.7 Å². The Bertz CT molecular complexity index is 726. The van der Waals surface area contributed by atoms with Gasteiger partial charge in [-0.05, 0) is 31.6 Å². The average molecular weight is 450 g/mol. The van der Waals surface area contributed by atoms with E-state index in [2.05, 4.69) is 39.8 Å². The van der Waals surface area contributed by atoms with Crippen molar-refractivity contribution in [3.63, 3.8) is 0 Å². The van der Waals surface area contributed by atoms with Crippen molar-refractivity contribution >= 4 is 5.69 Å². The maximum Gasteiger partial charge on any atom is 0.120 e. The summed E-state index contributed by atoms with van der Waals surface area (Å²) >= 11 is 0. The molecule has 4 aliphatic rings. The molecule has 6 heteroatoms. The number of hydrogen-bond acceptors (Lipinski definition) is 6. The van der Waals surface area contributed by atoms with Crippen molar-refractivity contribution in [1.29, 1.82) is 0 Å². The first kappa shape index (κ1) is 28.4. The van der Waals surface area contributed by atoms with Crippen LogP contribution in [0, 0.1) is 5.92 Å². The standard InChI is InChI=1S/C19H24N2O3.3C2H6.CH5N/c1-20-14-10-11(24-2)5-6-13(14)19-7-9-21-8-3-4-12(17(19)21)15(22)16(23)18(19)20;4*1-2/h3-6,10,12,15-18,22-23H,7-9H2,1-2H3;3*1-2H3;2H2,1H3. The number of aliphatic hydroxyl groups is 2. The van der Waals surface area contributed by atoms with Crippen molar-refractivity contribution in [3.05, 3.63) is 35.9 Å². The normalized spacial score (nSPS) is 32.8. The Morgan fingerprint density at radius 2 is 1.62 bits per heavy atom. The molecule has 184 valence electrons. The van der Waals surface area contributed by atoms with Gasteiger partial charge in [0.25, 0.3) is 0 Å². The molecule has 0 bridgehead atoms. The summed E-state index contributed by atoms with van der Waals surface area (Å²) in [5, 5.41) is 21.8. The van der Waals surface area contributed by atoms with Gasteiger partial charge in [0, 0.05) is 42.7 Å². The van der Waals surface area contributed by atoms with E-state index < -0.39 is 12.2 Å². The zero-order valence-corrected chi connectivity index (χ0v) is 21.7. The number of likely N-dealkylation sites (N-methyl/N-ethyl adjacent to an activating group) is 1. The number of nitrogens with zero attached hydrogens (tertiary/aromatic N) is 2. The number of fused-ring (bicyclic) bond motifs is 1. The van der Waals surface area contributed by atoms with Gasteiger partial charge >= 0.3 is 0 Å². The second-order valence-corrected chi connectivity index (χ2v) is 7.66. The topological polar surface area (TPSA) is 82.2 Å². The van der Waals surface area contributed by atoms with E-state index in [4.69, 9.17) is 4.74 Å². The van der Waals surface area contributed by atoms with Gasteiger partial charge < -0.3 is 25.6 Å². The smallest absolute Gasteiger partial charge is 0.120 e. The molecule has 6 atom stereocenters. The van der Waals surface area contributed by atoms with Crippen LogP contribution in [0.1, 0.15) is 53.5 Å². The summed E-state index contributed by atoms with van der Waals surface area (Å²) in [6, 6.07) is 6.43. The van der Waals surface area contributed by atoms with E-state index in [1.54, 1.807) is 7.11 Å². The summed E-state index contributed by atoms with van der Waals surface area (Å²) < 4.78 is 5.41. The van der Waals surface area contributed by atoms with Gasteiger partial charge in [-0.1, -0.05) is 59.8 Å². The van der Waals surface area contributed by atoms with E-state index in [0.29, 0.717) is 0 Å². The summed E-state index contributed by atoms with van der Waals surface area (Å²) in [4.78, 5) is 4.66. The lowest BCUT2D eigenvalue weighted by molar-refractivity contribution is -0.0912. The summed E-state index contributed by atoms with van der Waals surface area (Å²) in [5.74, 6) is 0.828. The molecule has 4 N–H and O–H groups in total. The van der Waals surface area contributed by atoms with Crippen LogP contribution < -0.4 is 15.4 Å². The van der Waals surface area contributed by atoms with E-state index in [1.165, 1.54) is 12.6 Å². The molecule has 5 rings (SSSR count). The van der Waals surface area contributed by atoms with Gasteiger partial charge in [0.05, 0.1) is 19.3 Å². The largest absolute Gasteiger partial charge is 0.497 e. The van der Waals surface area contributed by atoms with E-state index in [1.807, 2.05) is 54.7 Å². The molecule has 1 aliphatic carbocycles. The van der Waals surface area contributed by atoms with Crippen LogP contribution in [-0.2, 0) is 5.41 Å². The van der Waals surface area contributed by atoms with Crippen LogP contribution in [0.15, 0.2) is 30.4 Å². The number of aliphatic hydroxyl groups excluding tert-OH is 2.